The summed E-state index contributed by atoms with van der Waals surface area (Å²) in [6.07, 6.45) is 5.71. The smallest absolute Gasteiger partial charge is 0.293 e. The van der Waals surface area contributed by atoms with Gasteiger partial charge in [0, 0.05) is 13.0 Å². The Morgan fingerprint density at radius 3 is 2.33 bits per heavy atom. The Bertz CT molecular complexity index is 231. The first-order chi connectivity index (χ1) is 6.83. The monoisotopic (exact) mass is 213 g/mol. The molecule has 4 heteroatoms. The molecule has 0 bridgehead atoms. The molecule has 1 atom stereocenters. The maximum Gasteiger partial charge on any atom is 0.293 e. The third kappa shape index (κ3) is 6.95. The molecule has 0 saturated carbocycles. The third-order valence-electron chi connectivity index (χ3n) is 1.80. The number of β-amino-alcohol motifs (C(OH)–C–C–N with tert-alkyl or cyclic N) is 1. The zero-order valence-corrected chi connectivity index (χ0v) is 9.54. The molecule has 1 heterocycles. The van der Waals surface area contributed by atoms with Crippen molar-refractivity contribution in [3.8, 4) is 12.3 Å². The van der Waals surface area contributed by atoms with E-state index in [1.807, 2.05) is 20.8 Å². The molecule has 1 aliphatic rings. The van der Waals surface area contributed by atoms with Crippen LogP contribution in [-0.4, -0.2) is 35.9 Å². The van der Waals surface area contributed by atoms with E-state index >= 15 is 0 Å². The van der Waals surface area contributed by atoms with Crippen LogP contribution in [0.15, 0.2) is 0 Å². The molecule has 2 N–H and O–H groups in total. The van der Waals surface area contributed by atoms with Crippen LogP contribution in [0.4, 0.5) is 0 Å². The number of ether oxygens (including phenoxy) is 1. The van der Waals surface area contributed by atoms with Gasteiger partial charge in [-0.2, -0.15) is 0 Å². The standard InChI is InChI=1S/C6H9NO.C5H10O2/c1-2-6(8)3-4-7-5-6;1-5(2,3)7-4-6/h1,7-8H,3-5H2;4H,1-3H3. The minimum atomic E-state index is -0.847. The van der Waals surface area contributed by atoms with Gasteiger partial charge in [0.2, 0.25) is 0 Å². The van der Waals surface area contributed by atoms with Crippen LogP contribution in [0.3, 0.4) is 0 Å². The number of aliphatic hydroxyl groups is 1. The van der Waals surface area contributed by atoms with Gasteiger partial charge in [-0.05, 0) is 27.3 Å². The van der Waals surface area contributed by atoms with E-state index in [1.54, 1.807) is 0 Å². The van der Waals surface area contributed by atoms with Gasteiger partial charge >= 0.3 is 0 Å². The highest BCUT2D eigenvalue weighted by atomic mass is 16.5. The van der Waals surface area contributed by atoms with Gasteiger partial charge in [-0.3, -0.25) is 4.79 Å². The average molecular weight is 213 g/mol. The van der Waals surface area contributed by atoms with Gasteiger partial charge in [0.1, 0.15) is 11.2 Å². The Morgan fingerprint density at radius 2 is 2.20 bits per heavy atom. The van der Waals surface area contributed by atoms with Gasteiger partial charge in [0.25, 0.3) is 6.47 Å². The fourth-order valence-electron chi connectivity index (χ4n) is 0.946. The lowest BCUT2D eigenvalue weighted by Crippen LogP contribution is -2.28. The largest absolute Gasteiger partial charge is 0.462 e. The van der Waals surface area contributed by atoms with E-state index in [9.17, 15) is 9.90 Å². The van der Waals surface area contributed by atoms with Crippen molar-refractivity contribution in [1.82, 2.24) is 5.32 Å². The highest BCUT2D eigenvalue weighted by molar-refractivity contribution is 5.37. The molecular weight excluding hydrogens is 194 g/mol. The molecular formula is C11H19NO3. The summed E-state index contributed by atoms with van der Waals surface area (Å²) in [5.41, 5.74) is -1.16. The number of hydrogen-bond donors (Lipinski definition) is 2. The summed E-state index contributed by atoms with van der Waals surface area (Å²) in [6.45, 7) is 7.30. The first-order valence-corrected chi connectivity index (χ1v) is 4.85. The lowest BCUT2D eigenvalue weighted by molar-refractivity contribution is -0.138. The molecule has 1 aliphatic heterocycles. The van der Waals surface area contributed by atoms with Gasteiger partial charge in [-0.1, -0.05) is 5.92 Å². The zero-order valence-electron chi connectivity index (χ0n) is 9.54. The first-order valence-electron chi connectivity index (χ1n) is 4.85. The number of rotatable bonds is 1. The molecule has 0 aromatic carbocycles. The fraction of sp³-hybridized carbons (Fsp3) is 0.727. The molecule has 0 aliphatic carbocycles. The zero-order chi connectivity index (χ0) is 11.9. The van der Waals surface area contributed by atoms with Crippen LogP contribution < -0.4 is 5.32 Å². The van der Waals surface area contributed by atoms with E-state index in [-0.39, 0.29) is 5.60 Å². The minimum absolute atomic E-state index is 0.318. The van der Waals surface area contributed by atoms with E-state index < -0.39 is 5.60 Å². The summed E-state index contributed by atoms with van der Waals surface area (Å²) in [5, 5.41) is 12.2. The van der Waals surface area contributed by atoms with Crippen molar-refractivity contribution >= 4 is 6.47 Å². The summed E-state index contributed by atoms with van der Waals surface area (Å²) in [7, 11) is 0. The van der Waals surface area contributed by atoms with E-state index in [0.717, 1.165) is 6.54 Å². The lowest BCUT2D eigenvalue weighted by atomic mass is 10.1. The van der Waals surface area contributed by atoms with Gasteiger partial charge in [0.15, 0.2) is 0 Å². The normalized spacial score (nSPS) is 24.7. The molecule has 0 aromatic heterocycles. The second-order valence-corrected chi connectivity index (χ2v) is 4.43. The van der Waals surface area contributed by atoms with Crippen molar-refractivity contribution in [3.63, 3.8) is 0 Å². The fourth-order valence-corrected chi connectivity index (χ4v) is 0.946. The highest BCUT2D eigenvalue weighted by Gasteiger charge is 2.27. The lowest BCUT2D eigenvalue weighted by Gasteiger charge is -2.14. The number of carbonyl (C=O) groups excluding carboxylic acids is 1. The number of nitrogens with one attached hydrogen (secondary N) is 1. The molecule has 1 fully saturated rings. The Labute approximate surface area is 91.0 Å². The number of hydrogen-bond acceptors (Lipinski definition) is 4. The predicted octanol–water partition coefficient (Wildman–Crippen LogP) is 0.302. The van der Waals surface area contributed by atoms with Crippen molar-refractivity contribution in [2.45, 2.75) is 38.4 Å². The van der Waals surface area contributed by atoms with E-state index in [4.69, 9.17) is 6.42 Å². The molecule has 0 spiro atoms. The maximum absolute atomic E-state index is 9.60. The van der Waals surface area contributed by atoms with Gasteiger partial charge in [0.05, 0.1) is 0 Å². The quantitative estimate of drug-likeness (QED) is 0.486. The maximum atomic E-state index is 9.60. The van der Waals surface area contributed by atoms with Crippen LogP contribution in [0.5, 0.6) is 0 Å². The summed E-state index contributed by atoms with van der Waals surface area (Å²) in [4.78, 5) is 9.60. The second kappa shape index (κ2) is 5.74. The van der Waals surface area contributed by atoms with E-state index in [1.165, 1.54) is 0 Å². The van der Waals surface area contributed by atoms with E-state index in [0.29, 0.717) is 19.4 Å². The molecule has 0 amide bonds. The predicted molar refractivity (Wildman–Crippen MR) is 58.2 cm³/mol. The summed E-state index contributed by atoms with van der Waals surface area (Å²) < 4.78 is 4.55. The third-order valence-corrected chi connectivity index (χ3v) is 1.80. The summed E-state index contributed by atoms with van der Waals surface area (Å²) in [6, 6.07) is 0. The van der Waals surface area contributed by atoms with Gasteiger partial charge in [-0.15, -0.1) is 6.42 Å². The highest BCUT2D eigenvalue weighted by Crippen LogP contribution is 2.11. The minimum Gasteiger partial charge on any atom is -0.462 e. The number of terminal acetylenes is 1. The molecule has 0 aromatic rings. The summed E-state index contributed by atoms with van der Waals surface area (Å²) >= 11 is 0. The summed E-state index contributed by atoms with van der Waals surface area (Å²) in [5.74, 6) is 2.33. The van der Waals surface area contributed by atoms with Gasteiger partial charge < -0.3 is 15.2 Å². The van der Waals surface area contributed by atoms with Crippen LogP contribution in [0.1, 0.15) is 27.2 Å². The molecule has 0 radical (unpaired) electrons. The van der Waals surface area contributed by atoms with Crippen LogP contribution in [0.2, 0.25) is 0 Å². The number of carbonyl (C=O) groups is 1. The SMILES string of the molecule is C#CC1(O)CCNC1.CC(C)(C)OC=O. The Balaban J connectivity index is 0.000000265. The molecule has 1 saturated heterocycles. The van der Waals surface area contributed by atoms with Crippen molar-refractivity contribution in [2.75, 3.05) is 13.1 Å². The van der Waals surface area contributed by atoms with Crippen molar-refractivity contribution in [1.29, 1.82) is 0 Å². The van der Waals surface area contributed by atoms with Crippen LogP contribution in [-0.2, 0) is 9.53 Å². The van der Waals surface area contributed by atoms with Crippen LogP contribution in [0, 0.1) is 12.3 Å². The Hall–Kier alpha value is -1.05. The van der Waals surface area contributed by atoms with Crippen molar-refractivity contribution < 1.29 is 14.6 Å². The molecule has 1 unspecified atom stereocenters. The Kier molecular flexibility index (Phi) is 5.34. The van der Waals surface area contributed by atoms with Crippen LogP contribution >= 0.6 is 0 Å². The molecule has 86 valence electrons. The van der Waals surface area contributed by atoms with Crippen LogP contribution in [0.25, 0.3) is 0 Å². The van der Waals surface area contributed by atoms with Gasteiger partial charge in [-0.25, -0.2) is 0 Å². The molecule has 1 rings (SSSR count). The average Bonchev–Trinajstić information content (AvgIpc) is 2.52. The molecule has 4 nitrogen and oxygen atoms in total. The Morgan fingerprint density at radius 1 is 1.60 bits per heavy atom. The second-order valence-electron chi connectivity index (χ2n) is 4.43. The first kappa shape index (κ1) is 13.9. The topological polar surface area (TPSA) is 58.6 Å². The molecule has 15 heavy (non-hydrogen) atoms. The van der Waals surface area contributed by atoms with Crippen molar-refractivity contribution in [3.05, 3.63) is 0 Å². The van der Waals surface area contributed by atoms with Crippen molar-refractivity contribution in [2.24, 2.45) is 0 Å². The van der Waals surface area contributed by atoms with E-state index in [2.05, 4.69) is 16.0 Å².